The summed E-state index contributed by atoms with van der Waals surface area (Å²) in [6.45, 7) is 7.73. The average Bonchev–Trinajstić information content (AvgIpc) is 3.25. The van der Waals surface area contributed by atoms with Gasteiger partial charge in [0, 0.05) is 5.57 Å². The number of thiazole rings is 1. The highest BCUT2D eigenvalue weighted by atomic mass is 32.1. The molecule has 0 radical (unpaired) electrons. The van der Waals surface area contributed by atoms with Crippen molar-refractivity contribution in [1.82, 2.24) is 4.98 Å². The molecule has 0 bridgehead atoms. The van der Waals surface area contributed by atoms with Crippen LogP contribution in [0.25, 0.3) is 26.9 Å². The fourth-order valence-corrected chi connectivity index (χ4v) is 3.41. The minimum Gasteiger partial charge on any atom is -0.236 e. The Balaban J connectivity index is 0.000000753. The molecule has 1 aromatic heterocycles. The standard InChI is InChI=1S/C19H13NS.C2H6/c1-2-6-15-11-16(15)19-20-17-12-14(9-10-18(17)21-19)13-7-4-3-5-8-13;1-2/h2-12H,1H2;1-2H3/b15-6-;. The second kappa shape index (κ2) is 6.76. The monoisotopic (exact) mass is 317 g/mol. The van der Waals surface area contributed by atoms with Gasteiger partial charge in [-0.25, -0.2) is 4.98 Å². The molecular weight excluding hydrogens is 298 g/mol. The van der Waals surface area contributed by atoms with Gasteiger partial charge >= 0.3 is 0 Å². The van der Waals surface area contributed by atoms with Crippen LogP contribution in [0.4, 0.5) is 0 Å². The Morgan fingerprint density at radius 1 is 1.00 bits per heavy atom. The Morgan fingerprint density at radius 3 is 2.52 bits per heavy atom. The summed E-state index contributed by atoms with van der Waals surface area (Å²) in [5.74, 6) is 0. The first kappa shape index (κ1) is 15.4. The van der Waals surface area contributed by atoms with Gasteiger partial charge in [-0.15, -0.1) is 11.3 Å². The van der Waals surface area contributed by atoms with Gasteiger partial charge in [-0.1, -0.05) is 69.0 Å². The molecule has 0 saturated carbocycles. The van der Waals surface area contributed by atoms with Crippen LogP contribution >= 0.6 is 11.3 Å². The minimum absolute atomic E-state index is 1.07. The van der Waals surface area contributed by atoms with E-state index in [4.69, 9.17) is 4.98 Å². The maximum absolute atomic E-state index is 4.77. The third-order valence-corrected chi connectivity index (χ3v) is 4.62. The first-order chi connectivity index (χ1) is 11.3. The van der Waals surface area contributed by atoms with Crippen LogP contribution in [-0.4, -0.2) is 4.98 Å². The third kappa shape index (κ3) is 3.17. The number of benzene rings is 2. The molecule has 0 N–H and O–H groups in total. The highest BCUT2D eigenvalue weighted by Gasteiger charge is 2.21. The summed E-state index contributed by atoms with van der Waals surface area (Å²) in [6, 6.07) is 16.9. The largest absolute Gasteiger partial charge is 0.236 e. The molecule has 0 aliphatic heterocycles. The number of rotatable bonds is 3. The maximum atomic E-state index is 4.77. The van der Waals surface area contributed by atoms with Crippen molar-refractivity contribution in [1.29, 1.82) is 0 Å². The molecule has 0 amide bonds. The lowest BCUT2D eigenvalue weighted by atomic mass is 10.1. The normalized spacial score (nSPS) is 14.2. The average molecular weight is 317 g/mol. The van der Waals surface area contributed by atoms with Gasteiger partial charge in [-0.2, -0.15) is 0 Å². The molecule has 0 unspecified atom stereocenters. The first-order valence-corrected chi connectivity index (χ1v) is 8.68. The molecule has 0 fully saturated rings. The number of aromatic nitrogens is 1. The fraction of sp³-hybridized carbons (Fsp3) is 0.0952. The van der Waals surface area contributed by atoms with Crippen LogP contribution in [0, 0.1) is 0 Å². The molecule has 0 atom stereocenters. The summed E-state index contributed by atoms with van der Waals surface area (Å²) in [6.07, 6.45) is 5.99. The van der Waals surface area contributed by atoms with Crippen molar-refractivity contribution in [2.24, 2.45) is 0 Å². The van der Waals surface area contributed by atoms with E-state index < -0.39 is 0 Å². The quantitative estimate of drug-likeness (QED) is 0.537. The van der Waals surface area contributed by atoms with E-state index in [-0.39, 0.29) is 0 Å². The van der Waals surface area contributed by atoms with Crippen LogP contribution in [0.15, 0.2) is 78.9 Å². The van der Waals surface area contributed by atoms with Crippen molar-refractivity contribution in [3.05, 3.63) is 83.9 Å². The van der Waals surface area contributed by atoms with E-state index in [1.165, 1.54) is 27.0 Å². The molecule has 1 aliphatic carbocycles. The summed E-state index contributed by atoms with van der Waals surface area (Å²) >= 11 is 1.75. The van der Waals surface area contributed by atoms with Gasteiger partial charge in [-0.3, -0.25) is 0 Å². The molecule has 1 heterocycles. The van der Waals surface area contributed by atoms with E-state index in [0.717, 1.165) is 10.5 Å². The van der Waals surface area contributed by atoms with E-state index in [0.29, 0.717) is 0 Å². The molecule has 1 nitrogen and oxygen atoms in total. The SMILES string of the molecule is C=C/C=C1C=C/1c1nc2cc(-c3ccccc3)ccc2s1.CC. The Morgan fingerprint density at radius 2 is 1.78 bits per heavy atom. The molecule has 3 aromatic rings. The van der Waals surface area contributed by atoms with E-state index in [2.05, 4.69) is 55.1 Å². The summed E-state index contributed by atoms with van der Waals surface area (Å²) < 4.78 is 1.23. The molecule has 23 heavy (non-hydrogen) atoms. The van der Waals surface area contributed by atoms with Crippen molar-refractivity contribution >= 4 is 27.1 Å². The maximum Gasteiger partial charge on any atom is 0.125 e. The Labute approximate surface area is 141 Å². The molecule has 2 heteroatoms. The molecule has 4 rings (SSSR count). The summed E-state index contributed by atoms with van der Waals surface area (Å²) in [4.78, 5) is 4.77. The van der Waals surface area contributed by atoms with Gasteiger partial charge in [0.2, 0.25) is 0 Å². The van der Waals surface area contributed by atoms with Crippen LogP contribution in [-0.2, 0) is 0 Å². The van der Waals surface area contributed by atoms with E-state index in [1.807, 2.05) is 32.1 Å². The minimum atomic E-state index is 1.07. The Kier molecular flexibility index (Phi) is 4.54. The lowest BCUT2D eigenvalue weighted by Gasteiger charge is -2.00. The molecule has 2 aromatic carbocycles. The zero-order chi connectivity index (χ0) is 16.2. The molecule has 114 valence electrons. The van der Waals surface area contributed by atoms with Crippen LogP contribution in [0.2, 0.25) is 0 Å². The highest BCUT2D eigenvalue weighted by molar-refractivity contribution is 7.19. The number of fused-ring (bicyclic) bond motifs is 1. The second-order valence-corrected chi connectivity index (χ2v) is 6.01. The van der Waals surface area contributed by atoms with E-state index in [1.54, 1.807) is 11.3 Å². The second-order valence-electron chi connectivity index (χ2n) is 4.98. The van der Waals surface area contributed by atoms with Crippen molar-refractivity contribution in [2.45, 2.75) is 13.8 Å². The summed E-state index contributed by atoms with van der Waals surface area (Å²) in [7, 11) is 0. The van der Waals surface area contributed by atoms with Gasteiger partial charge in [0.1, 0.15) is 5.01 Å². The molecule has 1 aliphatic rings. The molecule has 0 spiro atoms. The summed E-state index contributed by atoms with van der Waals surface area (Å²) in [5.41, 5.74) is 6.00. The predicted octanol–water partition coefficient (Wildman–Crippen LogP) is 6.50. The Bertz CT molecular complexity index is 898. The highest BCUT2D eigenvalue weighted by Crippen LogP contribution is 2.41. The topological polar surface area (TPSA) is 12.9 Å². The predicted molar refractivity (Wildman–Crippen MR) is 103 cm³/mol. The number of nitrogens with zero attached hydrogens (tertiary/aromatic N) is 1. The fourth-order valence-electron chi connectivity index (χ4n) is 2.42. The molecule has 0 saturated heterocycles. The van der Waals surface area contributed by atoms with Crippen LogP contribution in [0.3, 0.4) is 0 Å². The van der Waals surface area contributed by atoms with Gasteiger partial charge < -0.3 is 0 Å². The number of hydrogen-bond donors (Lipinski definition) is 0. The third-order valence-electron chi connectivity index (χ3n) is 3.55. The molecular formula is C21H19NS. The van der Waals surface area contributed by atoms with Crippen molar-refractivity contribution < 1.29 is 0 Å². The lowest BCUT2D eigenvalue weighted by Crippen LogP contribution is -1.77. The van der Waals surface area contributed by atoms with Crippen LogP contribution in [0.1, 0.15) is 18.9 Å². The Hall–Kier alpha value is -2.45. The van der Waals surface area contributed by atoms with Gasteiger partial charge in [0.05, 0.1) is 10.2 Å². The number of hydrogen-bond acceptors (Lipinski definition) is 2. The van der Waals surface area contributed by atoms with Gasteiger partial charge in [-0.05, 0) is 34.9 Å². The van der Waals surface area contributed by atoms with Gasteiger partial charge in [0.15, 0.2) is 0 Å². The lowest BCUT2D eigenvalue weighted by molar-refractivity contribution is 1.45. The van der Waals surface area contributed by atoms with Crippen molar-refractivity contribution in [2.75, 3.05) is 0 Å². The summed E-state index contributed by atoms with van der Waals surface area (Å²) in [5, 5.41) is 1.10. The zero-order valence-electron chi connectivity index (χ0n) is 13.4. The van der Waals surface area contributed by atoms with Crippen LogP contribution in [0.5, 0.6) is 0 Å². The van der Waals surface area contributed by atoms with Crippen molar-refractivity contribution in [3.63, 3.8) is 0 Å². The first-order valence-electron chi connectivity index (χ1n) is 7.86. The smallest absolute Gasteiger partial charge is 0.125 e. The van der Waals surface area contributed by atoms with E-state index in [9.17, 15) is 0 Å². The van der Waals surface area contributed by atoms with Crippen molar-refractivity contribution in [3.8, 4) is 11.1 Å². The van der Waals surface area contributed by atoms with E-state index >= 15 is 0 Å². The van der Waals surface area contributed by atoms with Crippen LogP contribution < -0.4 is 0 Å². The van der Waals surface area contributed by atoms with Gasteiger partial charge in [0.25, 0.3) is 0 Å². The zero-order valence-corrected chi connectivity index (χ0v) is 14.2. The number of allylic oxidation sites excluding steroid dienone is 5.